The van der Waals surface area contributed by atoms with E-state index >= 15 is 0 Å². The molecule has 4 aromatic carbocycles. The zero-order valence-corrected chi connectivity index (χ0v) is 34.1. The van der Waals surface area contributed by atoms with Crippen LogP contribution in [0.15, 0.2) is 137 Å². The van der Waals surface area contributed by atoms with Crippen LogP contribution in [0.25, 0.3) is 10.8 Å². The molecule has 3 atom stereocenters. The van der Waals surface area contributed by atoms with Crippen molar-refractivity contribution in [1.29, 1.82) is 0 Å². The van der Waals surface area contributed by atoms with E-state index < -0.39 is 45.9 Å². The maximum absolute atomic E-state index is 14.3. The van der Waals surface area contributed by atoms with Crippen LogP contribution in [0.4, 0.5) is 5.13 Å². The molecule has 2 fully saturated rings. The first-order valence-corrected chi connectivity index (χ1v) is 22.0. The molecule has 9 rings (SSSR count). The minimum Gasteiger partial charge on any atom is -0.614 e. The molecule has 2 aromatic heterocycles. The molecule has 4 heterocycles. The minimum atomic E-state index is -1.81. The molecule has 1 saturated heterocycles. The number of hydrogen-bond acceptors (Lipinski definition) is 11. The Bertz CT molecular complexity index is 2540. The second kappa shape index (κ2) is 16.4. The fourth-order valence-electron chi connectivity index (χ4n) is 8.43. The van der Waals surface area contributed by atoms with Crippen molar-refractivity contribution in [1.82, 2.24) is 19.8 Å². The summed E-state index contributed by atoms with van der Waals surface area (Å²) in [4.78, 5) is 52.6. The summed E-state index contributed by atoms with van der Waals surface area (Å²) in [6.45, 7) is -0.0211. The fraction of sp³-hybridized carbons (Fsp3) is 0.222. The van der Waals surface area contributed by atoms with Crippen molar-refractivity contribution >= 4 is 61.9 Å². The van der Waals surface area contributed by atoms with Crippen LogP contribution in [0, 0.1) is 0 Å². The molecule has 2 amide bonds. The lowest BCUT2D eigenvalue weighted by molar-refractivity contribution is -0.150. The second-order valence-electron chi connectivity index (χ2n) is 15.2. The average Bonchev–Trinajstić information content (AvgIpc) is 4.05. The molecule has 61 heavy (non-hydrogen) atoms. The highest BCUT2D eigenvalue weighted by atomic mass is 32.2. The summed E-state index contributed by atoms with van der Waals surface area (Å²) in [5, 5.41) is 43.2. The Morgan fingerprint density at radius 1 is 0.902 bits per heavy atom. The van der Waals surface area contributed by atoms with Gasteiger partial charge in [-0.2, -0.15) is 0 Å². The molecular formula is C45H40N6O8S2. The van der Waals surface area contributed by atoms with E-state index in [-0.39, 0.29) is 52.6 Å². The van der Waals surface area contributed by atoms with Crippen LogP contribution in [-0.2, 0) is 42.5 Å². The lowest BCUT2D eigenvalue weighted by atomic mass is 9.77. The Hall–Kier alpha value is -6.62. The van der Waals surface area contributed by atoms with Gasteiger partial charge in [-0.1, -0.05) is 96.2 Å². The summed E-state index contributed by atoms with van der Waals surface area (Å²) >= 11 is -0.537. The van der Waals surface area contributed by atoms with Crippen molar-refractivity contribution in [3.8, 4) is 11.5 Å². The molecule has 0 radical (unpaired) electrons. The third-order valence-corrected chi connectivity index (χ3v) is 13.7. The summed E-state index contributed by atoms with van der Waals surface area (Å²) < 4.78 is 15.5. The van der Waals surface area contributed by atoms with Gasteiger partial charge in [-0.25, -0.2) is 9.78 Å². The van der Waals surface area contributed by atoms with Gasteiger partial charge in [0.15, 0.2) is 28.4 Å². The van der Waals surface area contributed by atoms with Crippen molar-refractivity contribution in [3.63, 3.8) is 0 Å². The van der Waals surface area contributed by atoms with Gasteiger partial charge < -0.3 is 39.9 Å². The van der Waals surface area contributed by atoms with E-state index in [1.165, 1.54) is 23.5 Å². The molecule has 0 bridgehead atoms. The number of β-lactam (4-membered cyclic amide) rings is 1. The number of hydrogen-bond donors (Lipinski definition) is 5. The summed E-state index contributed by atoms with van der Waals surface area (Å²) in [5.74, 6) is -3.69. The van der Waals surface area contributed by atoms with Gasteiger partial charge in [-0.15, -0.1) is 11.3 Å². The van der Waals surface area contributed by atoms with Gasteiger partial charge in [0.25, 0.3) is 11.8 Å². The third-order valence-electron chi connectivity index (χ3n) is 11.3. The zero-order valence-electron chi connectivity index (χ0n) is 32.5. The number of phenolic OH excluding ortho intramolecular Hbond substituents is 2. The number of benzene rings is 4. The highest BCUT2D eigenvalue weighted by Gasteiger charge is 2.61. The summed E-state index contributed by atoms with van der Waals surface area (Å²) in [5.41, 5.74) is 1.89. The third kappa shape index (κ3) is 7.47. The van der Waals surface area contributed by atoms with Gasteiger partial charge in [0.1, 0.15) is 28.8 Å². The van der Waals surface area contributed by atoms with E-state index in [0.29, 0.717) is 15.9 Å². The number of aliphatic carboxylic acids is 1. The van der Waals surface area contributed by atoms with Crippen LogP contribution in [0.1, 0.15) is 48.1 Å². The van der Waals surface area contributed by atoms with E-state index in [0.717, 1.165) is 47.3 Å². The topological polar surface area (TPSA) is 202 Å². The predicted octanol–water partition coefficient (Wildman–Crippen LogP) is 6.03. The number of phenols is 2. The molecule has 3 aliphatic rings. The SMILES string of the molecule is O=C(O)C1=C(Cn2cc3cc(O)c(O)cc3c2)C[S+]([O-])[C@@H]2C(NC(=O)/C(=N\OC3CCCC3)c3csc(NC(c4ccccc4)(c4ccccc4)c4ccccc4)n3)C(=O)N12. The number of amides is 2. The number of nitrogens with zero attached hydrogens (tertiary/aromatic N) is 4. The Kier molecular flexibility index (Phi) is 10.7. The molecule has 310 valence electrons. The molecule has 6 aromatic rings. The van der Waals surface area contributed by atoms with Gasteiger partial charge in [-0.05, 0) is 65.7 Å². The number of aromatic hydroxyl groups is 2. The number of carboxylic acids is 1. The predicted molar refractivity (Wildman–Crippen MR) is 230 cm³/mol. The number of carbonyl (C=O) groups excluding carboxylic acids is 2. The van der Waals surface area contributed by atoms with E-state index in [1.807, 2.05) is 91.0 Å². The largest absolute Gasteiger partial charge is 0.614 e. The van der Waals surface area contributed by atoms with Gasteiger partial charge >= 0.3 is 5.97 Å². The number of rotatable bonds is 13. The van der Waals surface area contributed by atoms with E-state index in [1.54, 1.807) is 22.3 Å². The van der Waals surface area contributed by atoms with Crippen molar-refractivity contribution in [2.75, 3.05) is 11.1 Å². The first-order chi connectivity index (χ1) is 29.6. The number of fused-ring (bicyclic) bond motifs is 2. The van der Waals surface area contributed by atoms with E-state index in [4.69, 9.17) is 9.82 Å². The molecule has 1 aliphatic carbocycles. The Morgan fingerprint density at radius 2 is 1.46 bits per heavy atom. The minimum absolute atomic E-state index is 0.0211. The number of carboxylic acid groups (broad SMARTS) is 1. The van der Waals surface area contributed by atoms with Gasteiger partial charge in [0.05, 0.1) is 6.54 Å². The fourth-order valence-corrected chi connectivity index (χ4v) is 10.9. The van der Waals surface area contributed by atoms with Crippen LogP contribution in [-0.4, -0.2) is 81.1 Å². The van der Waals surface area contributed by atoms with Gasteiger partial charge in [0, 0.05) is 34.1 Å². The van der Waals surface area contributed by atoms with Crippen LogP contribution in [0.5, 0.6) is 11.5 Å². The number of aromatic nitrogens is 2. The normalized spacial score (nSPS) is 19.4. The van der Waals surface area contributed by atoms with Crippen LogP contribution in [0.2, 0.25) is 0 Å². The molecule has 16 heteroatoms. The van der Waals surface area contributed by atoms with E-state index in [2.05, 4.69) is 15.8 Å². The van der Waals surface area contributed by atoms with Crippen molar-refractivity contribution < 1.29 is 39.1 Å². The number of thiazole rings is 1. The smallest absolute Gasteiger partial charge is 0.352 e. The number of nitrogens with one attached hydrogen (secondary N) is 2. The molecule has 2 aliphatic heterocycles. The highest BCUT2D eigenvalue weighted by Crippen LogP contribution is 2.42. The standard InChI is InChI=1S/C45H40N6O8S2/c52-35-20-27-22-50(23-28(27)21-36(35)53)24-29-26-61(58)42-38(41(55)51(42)39(29)43(56)57)47-40(54)37(49-59-33-18-10-11-19-33)34-25-60-44(46-34)48-45(30-12-4-1-5-13-30,31-14-6-2-7-15-31)32-16-8-3-9-17-32/h1-9,12-17,20-23,25,33,38,42,52-53H,10-11,18-19,24,26H2,(H,46,48)(H,47,54)(H,56,57)/b49-37-/t38?,42-,61?/m1/s1. The van der Waals surface area contributed by atoms with Crippen molar-refractivity contribution in [2.24, 2.45) is 5.16 Å². The summed E-state index contributed by atoms with van der Waals surface area (Å²) in [7, 11) is 0. The van der Waals surface area contributed by atoms with E-state index in [9.17, 15) is 34.3 Å². The lowest BCUT2D eigenvalue weighted by Gasteiger charge is -2.49. The quantitative estimate of drug-likeness (QED) is 0.0228. The highest BCUT2D eigenvalue weighted by molar-refractivity contribution is 7.92. The molecule has 2 unspecified atom stereocenters. The average molecular weight is 857 g/mol. The molecule has 14 nitrogen and oxygen atoms in total. The Labute approximate surface area is 357 Å². The maximum Gasteiger partial charge on any atom is 0.352 e. The molecule has 1 saturated carbocycles. The van der Waals surface area contributed by atoms with Crippen LogP contribution >= 0.6 is 11.3 Å². The van der Waals surface area contributed by atoms with Gasteiger partial charge in [0.2, 0.25) is 5.37 Å². The number of carbonyl (C=O) groups is 3. The van der Waals surface area contributed by atoms with Crippen LogP contribution < -0.4 is 10.6 Å². The maximum atomic E-state index is 14.3. The second-order valence-corrected chi connectivity index (χ2v) is 17.6. The molecule has 5 N–H and O–H groups in total. The van der Waals surface area contributed by atoms with Crippen LogP contribution in [0.3, 0.4) is 0 Å². The summed E-state index contributed by atoms with van der Waals surface area (Å²) in [6.07, 6.45) is 6.55. The zero-order chi connectivity index (χ0) is 42.3. The Balaban J connectivity index is 1.01. The van der Waals surface area contributed by atoms with Gasteiger partial charge in [-0.3, -0.25) is 14.5 Å². The first kappa shape index (κ1) is 39.8. The first-order valence-electron chi connectivity index (χ1n) is 19.7. The number of anilines is 1. The lowest BCUT2D eigenvalue weighted by Crippen LogP contribution is -2.75. The Morgan fingerprint density at radius 3 is 2.00 bits per heavy atom. The monoisotopic (exact) mass is 856 g/mol. The van der Waals surface area contributed by atoms with Crippen molar-refractivity contribution in [2.45, 2.75) is 55.3 Å². The summed E-state index contributed by atoms with van der Waals surface area (Å²) in [6, 6.07) is 31.4. The molecular weight excluding hydrogens is 817 g/mol. The number of oxime groups is 1. The molecule has 0 spiro atoms. The van der Waals surface area contributed by atoms with Crippen molar-refractivity contribution in [3.05, 3.63) is 155 Å².